The topological polar surface area (TPSA) is 46.2 Å². The fourth-order valence-corrected chi connectivity index (χ4v) is 1.92. The molecule has 0 aliphatic heterocycles. The first-order chi connectivity index (χ1) is 9.79. The molecule has 0 fully saturated rings. The summed E-state index contributed by atoms with van der Waals surface area (Å²) >= 11 is 0. The average Bonchev–Trinajstić information content (AvgIpc) is 2.50. The van der Waals surface area contributed by atoms with Gasteiger partial charge in [-0.15, -0.1) is 0 Å². The lowest BCUT2D eigenvalue weighted by Gasteiger charge is -2.03. The molecule has 0 aromatic heterocycles. The molecule has 108 valence electrons. The summed E-state index contributed by atoms with van der Waals surface area (Å²) in [6.07, 6.45) is 4.68. The van der Waals surface area contributed by atoms with E-state index in [1.54, 1.807) is 0 Å². The molecule has 0 saturated heterocycles. The van der Waals surface area contributed by atoms with Crippen LogP contribution in [0.2, 0.25) is 0 Å². The summed E-state index contributed by atoms with van der Waals surface area (Å²) in [7, 11) is 0. The van der Waals surface area contributed by atoms with Gasteiger partial charge in [0.15, 0.2) is 0 Å². The lowest BCUT2D eigenvalue weighted by atomic mass is 10.0. The Morgan fingerprint density at radius 1 is 0.850 bits per heavy atom. The third-order valence-corrected chi connectivity index (χ3v) is 3.06. The van der Waals surface area contributed by atoms with E-state index in [-0.39, 0.29) is 0 Å². The van der Waals surface area contributed by atoms with Crippen LogP contribution in [0.5, 0.6) is 0 Å². The van der Waals surface area contributed by atoms with Crippen LogP contribution in [0.25, 0.3) is 11.1 Å². The second-order valence-corrected chi connectivity index (χ2v) is 4.74. The monoisotopic (exact) mass is 271 g/mol. The van der Waals surface area contributed by atoms with Crippen LogP contribution < -0.4 is 5.73 Å². The number of hydrogen-bond donors (Lipinski definition) is 2. The fraction of sp³-hybridized carbons (Fsp3) is 0.333. The zero-order chi connectivity index (χ0) is 14.6. The van der Waals surface area contributed by atoms with Crippen LogP contribution in [-0.4, -0.2) is 11.7 Å². The largest absolute Gasteiger partial charge is 0.398 e. The Morgan fingerprint density at radius 2 is 1.50 bits per heavy atom. The van der Waals surface area contributed by atoms with Crippen LogP contribution in [0, 0.1) is 0 Å². The molecule has 2 aromatic carbocycles. The molecule has 2 heteroatoms. The number of anilines is 1. The van der Waals surface area contributed by atoms with E-state index in [1.165, 1.54) is 24.8 Å². The highest BCUT2D eigenvalue weighted by Crippen LogP contribution is 2.24. The van der Waals surface area contributed by atoms with E-state index in [9.17, 15) is 0 Å². The molecule has 0 unspecified atom stereocenters. The van der Waals surface area contributed by atoms with Crippen LogP contribution >= 0.6 is 0 Å². The van der Waals surface area contributed by atoms with Crippen molar-refractivity contribution in [3.8, 4) is 11.1 Å². The molecule has 0 saturated carbocycles. The lowest BCUT2D eigenvalue weighted by molar-refractivity contribution is 0.283. The molecule has 0 aliphatic carbocycles. The highest BCUT2D eigenvalue weighted by atomic mass is 16.2. The van der Waals surface area contributed by atoms with E-state index in [2.05, 4.69) is 19.1 Å². The van der Waals surface area contributed by atoms with Crippen LogP contribution in [0.15, 0.2) is 54.6 Å². The van der Waals surface area contributed by atoms with Crippen molar-refractivity contribution < 1.29 is 5.11 Å². The van der Waals surface area contributed by atoms with Crippen molar-refractivity contribution in [2.24, 2.45) is 0 Å². The van der Waals surface area contributed by atoms with Crippen molar-refractivity contribution in [2.45, 2.75) is 32.6 Å². The van der Waals surface area contributed by atoms with Crippen LogP contribution in [-0.2, 0) is 0 Å². The number of para-hydroxylation sites is 1. The summed E-state index contributed by atoms with van der Waals surface area (Å²) in [6, 6.07) is 18.1. The van der Waals surface area contributed by atoms with Crippen molar-refractivity contribution >= 4 is 5.69 Å². The Kier molecular flexibility index (Phi) is 8.16. The van der Waals surface area contributed by atoms with Gasteiger partial charge >= 0.3 is 0 Å². The molecular weight excluding hydrogens is 246 g/mol. The van der Waals surface area contributed by atoms with Crippen molar-refractivity contribution in [3.05, 3.63) is 54.6 Å². The summed E-state index contributed by atoms with van der Waals surface area (Å²) in [6.45, 7) is 2.53. The van der Waals surface area contributed by atoms with Gasteiger partial charge in [-0.25, -0.2) is 0 Å². The van der Waals surface area contributed by atoms with E-state index in [1.807, 2.05) is 42.5 Å². The maximum Gasteiger partial charge on any atom is 0.0431 e. The standard InChI is InChI=1S/C12H11N.C6H14O/c13-12-9-5-4-8-11(12)10-6-2-1-3-7-10;1-2-3-4-5-6-7/h1-9H,13H2;7H,2-6H2,1H3. The first-order valence-electron chi connectivity index (χ1n) is 7.30. The predicted molar refractivity (Wildman–Crippen MR) is 87.5 cm³/mol. The van der Waals surface area contributed by atoms with Gasteiger partial charge in [0.05, 0.1) is 0 Å². The van der Waals surface area contributed by atoms with Crippen molar-refractivity contribution in [2.75, 3.05) is 12.3 Å². The second kappa shape index (κ2) is 10.0. The number of unbranched alkanes of at least 4 members (excludes halogenated alkanes) is 3. The maximum atomic E-state index is 8.29. The van der Waals surface area contributed by atoms with E-state index in [0.29, 0.717) is 6.61 Å². The van der Waals surface area contributed by atoms with Gasteiger partial charge in [0.25, 0.3) is 0 Å². The Morgan fingerprint density at radius 3 is 2.10 bits per heavy atom. The second-order valence-electron chi connectivity index (χ2n) is 4.74. The molecule has 2 rings (SSSR count). The minimum atomic E-state index is 0.361. The van der Waals surface area contributed by atoms with Crippen LogP contribution in [0.4, 0.5) is 5.69 Å². The Hall–Kier alpha value is -1.80. The molecule has 2 nitrogen and oxygen atoms in total. The summed E-state index contributed by atoms with van der Waals surface area (Å²) in [5.41, 5.74) is 8.95. The van der Waals surface area contributed by atoms with Gasteiger partial charge in [-0.3, -0.25) is 0 Å². The van der Waals surface area contributed by atoms with E-state index in [4.69, 9.17) is 10.8 Å². The number of nitrogens with two attached hydrogens (primary N) is 1. The number of aliphatic hydroxyl groups excluding tert-OH is 1. The number of benzene rings is 2. The Labute approximate surface area is 122 Å². The van der Waals surface area contributed by atoms with Crippen molar-refractivity contribution in [1.29, 1.82) is 0 Å². The van der Waals surface area contributed by atoms with E-state index < -0.39 is 0 Å². The molecule has 0 bridgehead atoms. The summed E-state index contributed by atoms with van der Waals surface area (Å²) in [5, 5.41) is 8.29. The first kappa shape index (κ1) is 16.3. The molecule has 3 N–H and O–H groups in total. The number of nitrogen functional groups attached to an aromatic ring is 1. The molecule has 0 radical (unpaired) electrons. The Balaban J connectivity index is 0.000000246. The van der Waals surface area contributed by atoms with Crippen molar-refractivity contribution in [3.63, 3.8) is 0 Å². The predicted octanol–water partition coefficient (Wildman–Crippen LogP) is 4.49. The van der Waals surface area contributed by atoms with Crippen LogP contribution in [0.3, 0.4) is 0 Å². The fourth-order valence-electron chi connectivity index (χ4n) is 1.92. The number of aliphatic hydroxyl groups is 1. The molecule has 2 aromatic rings. The highest BCUT2D eigenvalue weighted by molar-refractivity contribution is 5.75. The summed E-state index contributed by atoms with van der Waals surface area (Å²) < 4.78 is 0. The average molecular weight is 271 g/mol. The van der Waals surface area contributed by atoms with Crippen molar-refractivity contribution in [1.82, 2.24) is 0 Å². The highest BCUT2D eigenvalue weighted by Gasteiger charge is 1.98. The number of hydrogen-bond acceptors (Lipinski definition) is 2. The normalized spacial score (nSPS) is 9.70. The van der Waals surface area contributed by atoms with E-state index >= 15 is 0 Å². The number of rotatable bonds is 5. The molecular formula is C18H25NO. The van der Waals surface area contributed by atoms with Gasteiger partial charge in [0, 0.05) is 17.9 Å². The molecule has 0 spiro atoms. The third kappa shape index (κ3) is 5.89. The molecule has 0 heterocycles. The minimum absolute atomic E-state index is 0.361. The summed E-state index contributed by atoms with van der Waals surface area (Å²) in [5.74, 6) is 0. The molecule has 0 amide bonds. The molecule has 20 heavy (non-hydrogen) atoms. The van der Waals surface area contributed by atoms with Gasteiger partial charge in [-0.1, -0.05) is 74.7 Å². The SMILES string of the molecule is CCCCCCO.Nc1ccccc1-c1ccccc1. The smallest absolute Gasteiger partial charge is 0.0431 e. The third-order valence-electron chi connectivity index (χ3n) is 3.06. The van der Waals surface area contributed by atoms with Gasteiger partial charge in [0.1, 0.15) is 0 Å². The molecule has 0 atom stereocenters. The minimum Gasteiger partial charge on any atom is -0.398 e. The first-order valence-corrected chi connectivity index (χ1v) is 7.30. The van der Waals surface area contributed by atoms with E-state index in [0.717, 1.165) is 17.7 Å². The Bertz CT molecular complexity index is 464. The maximum absolute atomic E-state index is 8.29. The quantitative estimate of drug-likeness (QED) is 0.621. The zero-order valence-electron chi connectivity index (χ0n) is 12.3. The summed E-state index contributed by atoms with van der Waals surface area (Å²) in [4.78, 5) is 0. The van der Waals surface area contributed by atoms with Gasteiger partial charge in [0.2, 0.25) is 0 Å². The van der Waals surface area contributed by atoms with Gasteiger partial charge < -0.3 is 10.8 Å². The van der Waals surface area contributed by atoms with Crippen LogP contribution in [0.1, 0.15) is 32.6 Å². The lowest BCUT2D eigenvalue weighted by Crippen LogP contribution is -1.88. The zero-order valence-corrected chi connectivity index (χ0v) is 12.3. The van der Waals surface area contributed by atoms with Gasteiger partial charge in [-0.05, 0) is 18.1 Å². The molecule has 0 aliphatic rings. The van der Waals surface area contributed by atoms with Gasteiger partial charge in [-0.2, -0.15) is 0 Å².